The standard InChI is InChI=1S/C22H24N4O/c1-15-5-6-20-16(8-11-25(20)4)18(15)13-19-17-9-12-26(14-22(27)24(2)3)21(17)7-10-23-19/h5-12H,13-14H2,1-4H3. The number of benzene rings is 1. The van der Waals surface area contributed by atoms with Gasteiger partial charge >= 0.3 is 0 Å². The number of rotatable bonds is 4. The Labute approximate surface area is 158 Å². The van der Waals surface area contributed by atoms with Gasteiger partial charge in [-0.3, -0.25) is 9.78 Å². The minimum atomic E-state index is 0.0794. The van der Waals surface area contributed by atoms with Crippen LogP contribution in [0.15, 0.2) is 48.9 Å². The van der Waals surface area contributed by atoms with Crippen LogP contribution in [0.3, 0.4) is 0 Å². The molecule has 0 fully saturated rings. The van der Waals surface area contributed by atoms with Crippen LogP contribution in [0.5, 0.6) is 0 Å². The monoisotopic (exact) mass is 360 g/mol. The number of hydrogen-bond acceptors (Lipinski definition) is 2. The van der Waals surface area contributed by atoms with Crippen molar-refractivity contribution in [2.45, 2.75) is 19.9 Å². The van der Waals surface area contributed by atoms with E-state index >= 15 is 0 Å². The third kappa shape index (κ3) is 2.99. The van der Waals surface area contributed by atoms with Crippen LogP contribution in [0.2, 0.25) is 0 Å². The van der Waals surface area contributed by atoms with Gasteiger partial charge in [0.1, 0.15) is 6.54 Å². The van der Waals surface area contributed by atoms with Crippen molar-refractivity contribution >= 4 is 27.7 Å². The molecule has 0 radical (unpaired) electrons. The average Bonchev–Trinajstić information content (AvgIpc) is 3.22. The molecule has 0 N–H and O–H groups in total. The van der Waals surface area contributed by atoms with E-state index in [1.807, 2.05) is 23.0 Å². The molecule has 0 spiro atoms. The number of carbonyl (C=O) groups excluding carboxylic acids is 1. The molecule has 0 atom stereocenters. The summed E-state index contributed by atoms with van der Waals surface area (Å²) < 4.78 is 4.15. The van der Waals surface area contributed by atoms with E-state index in [0.29, 0.717) is 6.54 Å². The van der Waals surface area contributed by atoms with Gasteiger partial charge in [0.25, 0.3) is 0 Å². The zero-order valence-corrected chi connectivity index (χ0v) is 16.2. The molecule has 3 heterocycles. The second kappa shape index (κ2) is 6.58. The van der Waals surface area contributed by atoms with E-state index in [1.165, 1.54) is 22.0 Å². The first-order valence-electron chi connectivity index (χ1n) is 9.12. The number of fused-ring (bicyclic) bond motifs is 2. The highest BCUT2D eigenvalue weighted by Gasteiger charge is 2.14. The van der Waals surface area contributed by atoms with Crippen LogP contribution in [-0.4, -0.2) is 39.0 Å². The molecule has 1 amide bonds. The summed E-state index contributed by atoms with van der Waals surface area (Å²) in [5.74, 6) is 0.0794. The first-order chi connectivity index (χ1) is 13.0. The fraction of sp³-hybridized carbons (Fsp3) is 0.273. The summed E-state index contributed by atoms with van der Waals surface area (Å²) in [4.78, 5) is 18.4. The van der Waals surface area contributed by atoms with E-state index in [4.69, 9.17) is 0 Å². The van der Waals surface area contributed by atoms with Gasteiger partial charge < -0.3 is 14.0 Å². The van der Waals surface area contributed by atoms with Crippen LogP contribution in [0, 0.1) is 6.92 Å². The van der Waals surface area contributed by atoms with Gasteiger partial charge in [0.2, 0.25) is 5.91 Å². The molecule has 0 aliphatic carbocycles. The van der Waals surface area contributed by atoms with Crippen molar-refractivity contribution in [2.75, 3.05) is 14.1 Å². The molecule has 0 unspecified atom stereocenters. The number of amides is 1. The summed E-state index contributed by atoms with van der Waals surface area (Å²) in [6, 6.07) is 10.6. The van der Waals surface area contributed by atoms with Crippen molar-refractivity contribution in [3.63, 3.8) is 0 Å². The highest BCUT2D eigenvalue weighted by molar-refractivity contribution is 5.88. The quantitative estimate of drug-likeness (QED) is 0.559. The highest BCUT2D eigenvalue weighted by Crippen LogP contribution is 2.28. The van der Waals surface area contributed by atoms with E-state index in [0.717, 1.165) is 23.0 Å². The molecule has 0 saturated heterocycles. The second-order valence-electron chi connectivity index (χ2n) is 7.32. The van der Waals surface area contributed by atoms with Crippen molar-refractivity contribution < 1.29 is 4.79 Å². The van der Waals surface area contributed by atoms with Crippen molar-refractivity contribution in [1.82, 2.24) is 19.0 Å². The number of hydrogen-bond donors (Lipinski definition) is 0. The maximum absolute atomic E-state index is 12.1. The zero-order chi connectivity index (χ0) is 19.1. The maximum Gasteiger partial charge on any atom is 0.241 e. The average molecular weight is 360 g/mol. The smallest absolute Gasteiger partial charge is 0.241 e. The molecule has 1 aromatic carbocycles. The zero-order valence-electron chi connectivity index (χ0n) is 16.2. The van der Waals surface area contributed by atoms with Crippen LogP contribution in [0.1, 0.15) is 16.8 Å². The first kappa shape index (κ1) is 17.3. The van der Waals surface area contributed by atoms with Crippen molar-refractivity contribution in [2.24, 2.45) is 7.05 Å². The minimum absolute atomic E-state index is 0.0794. The molecule has 4 rings (SSSR count). The number of aromatic nitrogens is 3. The van der Waals surface area contributed by atoms with Crippen LogP contribution in [0.4, 0.5) is 0 Å². The number of aryl methyl sites for hydroxylation is 2. The van der Waals surface area contributed by atoms with Crippen LogP contribution in [-0.2, 0) is 24.8 Å². The summed E-state index contributed by atoms with van der Waals surface area (Å²) in [6.07, 6.45) is 6.70. The largest absolute Gasteiger partial charge is 0.351 e. The summed E-state index contributed by atoms with van der Waals surface area (Å²) in [7, 11) is 5.64. The van der Waals surface area contributed by atoms with E-state index < -0.39 is 0 Å². The molecular formula is C22H24N4O. The third-order valence-electron chi connectivity index (χ3n) is 5.34. The summed E-state index contributed by atoms with van der Waals surface area (Å²) in [5, 5.41) is 2.38. The number of pyridine rings is 1. The SMILES string of the molecule is Cc1ccc2c(ccn2C)c1Cc1nccc2c1ccn2CC(=O)N(C)C. The Morgan fingerprint density at radius 2 is 1.81 bits per heavy atom. The van der Waals surface area contributed by atoms with Gasteiger partial charge in [-0.05, 0) is 42.3 Å². The molecule has 138 valence electrons. The molecule has 27 heavy (non-hydrogen) atoms. The van der Waals surface area contributed by atoms with Crippen molar-refractivity contribution in [1.29, 1.82) is 0 Å². The Hall–Kier alpha value is -3.08. The van der Waals surface area contributed by atoms with Crippen molar-refractivity contribution in [3.05, 3.63) is 65.7 Å². The van der Waals surface area contributed by atoms with Crippen LogP contribution < -0.4 is 0 Å². The fourth-order valence-electron chi connectivity index (χ4n) is 3.67. The molecule has 0 saturated carbocycles. The molecule has 5 nitrogen and oxygen atoms in total. The van der Waals surface area contributed by atoms with Gasteiger partial charge in [-0.1, -0.05) is 6.07 Å². The lowest BCUT2D eigenvalue weighted by Crippen LogP contribution is -2.25. The van der Waals surface area contributed by atoms with Gasteiger partial charge in [-0.15, -0.1) is 0 Å². The Kier molecular flexibility index (Phi) is 4.22. The van der Waals surface area contributed by atoms with Crippen LogP contribution >= 0.6 is 0 Å². The normalized spacial score (nSPS) is 11.4. The summed E-state index contributed by atoms with van der Waals surface area (Å²) in [5.41, 5.74) is 5.91. The second-order valence-corrected chi connectivity index (χ2v) is 7.32. The van der Waals surface area contributed by atoms with Crippen LogP contribution in [0.25, 0.3) is 21.8 Å². The topological polar surface area (TPSA) is 43.1 Å². The van der Waals surface area contributed by atoms with E-state index in [2.05, 4.69) is 54.0 Å². The molecule has 3 aromatic heterocycles. The fourth-order valence-corrected chi connectivity index (χ4v) is 3.67. The first-order valence-corrected chi connectivity index (χ1v) is 9.12. The van der Waals surface area contributed by atoms with Gasteiger partial charge in [0.05, 0.1) is 11.2 Å². The highest BCUT2D eigenvalue weighted by atomic mass is 16.2. The van der Waals surface area contributed by atoms with E-state index in [9.17, 15) is 4.79 Å². The van der Waals surface area contributed by atoms with Crippen molar-refractivity contribution in [3.8, 4) is 0 Å². The Morgan fingerprint density at radius 3 is 2.59 bits per heavy atom. The number of carbonyl (C=O) groups is 1. The summed E-state index contributed by atoms with van der Waals surface area (Å²) >= 11 is 0. The molecule has 0 bridgehead atoms. The van der Waals surface area contributed by atoms with Gasteiger partial charge in [0, 0.05) is 62.4 Å². The third-order valence-corrected chi connectivity index (χ3v) is 5.34. The lowest BCUT2D eigenvalue weighted by Gasteiger charge is -2.12. The molecule has 4 aromatic rings. The van der Waals surface area contributed by atoms with E-state index in [-0.39, 0.29) is 5.91 Å². The maximum atomic E-state index is 12.1. The number of nitrogens with zero attached hydrogens (tertiary/aromatic N) is 4. The number of likely N-dealkylation sites (N-methyl/N-ethyl adjacent to an activating group) is 1. The minimum Gasteiger partial charge on any atom is -0.351 e. The van der Waals surface area contributed by atoms with Gasteiger partial charge in [-0.25, -0.2) is 0 Å². The molecule has 0 aliphatic heterocycles. The lowest BCUT2D eigenvalue weighted by molar-refractivity contribution is -0.129. The lowest BCUT2D eigenvalue weighted by atomic mass is 9.98. The van der Waals surface area contributed by atoms with Gasteiger partial charge in [-0.2, -0.15) is 0 Å². The Morgan fingerprint density at radius 1 is 1.04 bits per heavy atom. The van der Waals surface area contributed by atoms with E-state index in [1.54, 1.807) is 19.0 Å². The van der Waals surface area contributed by atoms with Gasteiger partial charge in [0.15, 0.2) is 0 Å². The molecule has 0 aliphatic rings. The summed E-state index contributed by atoms with van der Waals surface area (Å²) in [6.45, 7) is 2.50. The Bertz CT molecular complexity index is 1150. The Balaban J connectivity index is 1.77. The molecular weight excluding hydrogens is 336 g/mol. The predicted octanol–water partition coefficient (Wildman–Crippen LogP) is 3.52. The molecule has 5 heteroatoms. The predicted molar refractivity (Wildman–Crippen MR) is 109 cm³/mol.